The number of fused-ring (bicyclic) bond motifs is 1. The number of primary sulfonamides is 1. The first-order chi connectivity index (χ1) is 12.8. The number of benzene rings is 2. The molecule has 0 fully saturated rings. The van der Waals surface area contributed by atoms with E-state index in [4.69, 9.17) is 14.6 Å². The fourth-order valence-corrected chi connectivity index (χ4v) is 4.04. The molecule has 0 bridgehead atoms. The lowest BCUT2D eigenvalue weighted by molar-refractivity contribution is 0.0600. The van der Waals surface area contributed by atoms with Crippen molar-refractivity contribution in [3.8, 4) is 5.75 Å². The Morgan fingerprint density at radius 3 is 2.63 bits per heavy atom. The summed E-state index contributed by atoms with van der Waals surface area (Å²) < 4.78 is 33.5. The minimum atomic E-state index is -3.84. The van der Waals surface area contributed by atoms with Crippen molar-refractivity contribution in [2.45, 2.75) is 24.4 Å². The molecule has 2 aromatic carbocycles. The van der Waals surface area contributed by atoms with Crippen LogP contribution in [-0.4, -0.2) is 40.1 Å². The van der Waals surface area contributed by atoms with E-state index >= 15 is 0 Å². The molecule has 2 aromatic rings. The lowest BCUT2D eigenvalue weighted by Crippen LogP contribution is -2.30. The Kier molecular flexibility index (Phi) is 5.50. The van der Waals surface area contributed by atoms with Crippen molar-refractivity contribution in [1.82, 2.24) is 4.90 Å². The van der Waals surface area contributed by atoms with E-state index in [1.165, 1.54) is 14.2 Å². The quantitative estimate of drug-likeness (QED) is 0.780. The van der Waals surface area contributed by atoms with Crippen molar-refractivity contribution in [1.29, 1.82) is 0 Å². The van der Waals surface area contributed by atoms with Gasteiger partial charge in [-0.3, -0.25) is 4.90 Å². The lowest BCUT2D eigenvalue weighted by atomic mass is 9.98. The van der Waals surface area contributed by atoms with Crippen molar-refractivity contribution in [2.24, 2.45) is 5.14 Å². The minimum absolute atomic E-state index is 0.0166. The zero-order valence-corrected chi connectivity index (χ0v) is 16.1. The van der Waals surface area contributed by atoms with Crippen LogP contribution in [0.5, 0.6) is 5.75 Å². The molecule has 0 unspecified atom stereocenters. The summed E-state index contributed by atoms with van der Waals surface area (Å²) in [6, 6.07) is 10.7. The molecule has 144 valence electrons. The second-order valence-corrected chi connectivity index (χ2v) is 8.00. The van der Waals surface area contributed by atoms with Crippen LogP contribution in [0.25, 0.3) is 0 Å². The van der Waals surface area contributed by atoms with Crippen LogP contribution >= 0.6 is 0 Å². The molecule has 1 aliphatic rings. The molecule has 0 aliphatic carbocycles. The van der Waals surface area contributed by atoms with Crippen molar-refractivity contribution in [3.63, 3.8) is 0 Å². The van der Waals surface area contributed by atoms with Gasteiger partial charge < -0.3 is 9.47 Å². The molecule has 0 spiro atoms. The summed E-state index contributed by atoms with van der Waals surface area (Å²) in [4.78, 5) is 13.9. The van der Waals surface area contributed by atoms with Gasteiger partial charge in [-0.25, -0.2) is 18.4 Å². The van der Waals surface area contributed by atoms with E-state index in [-0.39, 0.29) is 16.6 Å². The Balaban J connectivity index is 1.82. The minimum Gasteiger partial charge on any atom is -0.495 e. The lowest BCUT2D eigenvalue weighted by Gasteiger charge is -2.29. The van der Waals surface area contributed by atoms with Gasteiger partial charge in [-0.15, -0.1) is 0 Å². The average molecular weight is 390 g/mol. The number of carbonyl (C=O) groups is 1. The van der Waals surface area contributed by atoms with Gasteiger partial charge in [0.15, 0.2) is 0 Å². The molecule has 0 amide bonds. The standard InChI is InChI=1S/C19H22N2O5S/c1-25-17-9-16-12-21(7-6-14(16)10-18(17)27(20,23)24)11-13-4-3-5-15(8-13)19(22)26-2/h3-5,8-10H,6-7,11-12H2,1-2H3,(H2,20,23,24). The number of nitrogens with zero attached hydrogens (tertiary/aromatic N) is 1. The highest BCUT2D eigenvalue weighted by atomic mass is 32.2. The molecule has 0 aromatic heterocycles. The van der Waals surface area contributed by atoms with E-state index in [0.717, 1.165) is 23.2 Å². The summed E-state index contributed by atoms with van der Waals surface area (Å²) in [6.45, 7) is 2.09. The third-order valence-electron chi connectivity index (χ3n) is 4.64. The topological polar surface area (TPSA) is 98.9 Å². The zero-order chi connectivity index (χ0) is 19.6. The molecule has 2 N–H and O–H groups in total. The first kappa shape index (κ1) is 19.3. The number of methoxy groups -OCH3 is 2. The summed E-state index contributed by atoms with van der Waals surface area (Å²) in [6.07, 6.45) is 0.707. The van der Waals surface area contributed by atoms with Gasteiger partial charge in [-0.2, -0.15) is 0 Å². The van der Waals surface area contributed by atoms with Crippen LogP contribution in [0.1, 0.15) is 27.0 Å². The van der Waals surface area contributed by atoms with E-state index in [0.29, 0.717) is 25.1 Å². The van der Waals surface area contributed by atoms with Crippen LogP contribution < -0.4 is 9.88 Å². The SMILES string of the molecule is COC(=O)c1cccc(CN2CCc3cc(S(N)(=O)=O)c(OC)cc3C2)c1. The van der Waals surface area contributed by atoms with E-state index in [1.54, 1.807) is 18.2 Å². The number of nitrogens with two attached hydrogens (primary N) is 1. The molecule has 1 heterocycles. The van der Waals surface area contributed by atoms with Gasteiger partial charge in [0.05, 0.1) is 19.8 Å². The number of sulfonamides is 1. The molecule has 0 saturated heterocycles. The summed E-state index contributed by atoms with van der Waals surface area (Å²) in [5.41, 5.74) is 3.50. The second kappa shape index (κ2) is 7.67. The largest absolute Gasteiger partial charge is 0.495 e. The first-order valence-electron chi connectivity index (χ1n) is 8.44. The fraction of sp³-hybridized carbons (Fsp3) is 0.316. The predicted molar refractivity (Wildman–Crippen MR) is 100.0 cm³/mol. The highest BCUT2D eigenvalue weighted by Crippen LogP contribution is 2.30. The highest BCUT2D eigenvalue weighted by Gasteiger charge is 2.23. The fourth-order valence-electron chi connectivity index (χ4n) is 3.31. The summed E-state index contributed by atoms with van der Waals surface area (Å²) in [7, 11) is -1.05. The summed E-state index contributed by atoms with van der Waals surface area (Å²) in [5, 5.41) is 5.29. The molecule has 27 heavy (non-hydrogen) atoms. The summed E-state index contributed by atoms with van der Waals surface area (Å²) >= 11 is 0. The smallest absolute Gasteiger partial charge is 0.337 e. The molecule has 0 atom stereocenters. The molecule has 0 radical (unpaired) electrons. The van der Waals surface area contributed by atoms with E-state index < -0.39 is 10.0 Å². The van der Waals surface area contributed by atoms with Crippen LogP contribution in [-0.2, 0) is 34.3 Å². The van der Waals surface area contributed by atoms with E-state index in [9.17, 15) is 13.2 Å². The van der Waals surface area contributed by atoms with Crippen LogP contribution in [0.3, 0.4) is 0 Å². The number of hydrogen-bond donors (Lipinski definition) is 1. The van der Waals surface area contributed by atoms with Crippen molar-refractivity contribution < 1.29 is 22.7 Å². The molecule has 7 nitrogen and oxygen atoms in total. The van der Waals surface area contributed by atoms with Gasteiger partial charge >= 0.3 is 5.97 Å². The zero-order valence-electron chi connectivity index (χ0n) is 15.3. The molecule has 0 saturated carbocycles. The van der Waals surface area contributed by atoms with Crippen LogP contribution in [0.2, 0.25) is 0 Å². The van der Waals surface area contributed by atoms with Gasteiger partial charge in [0.1, 0.15) is 10.6 Å². The Morgan fingerprint density at radius 1 is 1.19 bits per heavy atom. The monoisotopic (exact) mass is 390 g/mol. The molecular weight excluding hydrogens is 368 g/mol. The molecule has 3 rings (SSSR count). The number of ether oxygens (including phenoxy) is 2. The Bertz CT molecular complexity index is 972. The average Bonchev–Trinajstić information content (AvgIpc) is 2.65. The van der Waals surface area contributed by atoms with Crippen LogP contribution in [0.15, 0.2) is 41.3 Å². The second-order valence-electron chi connectivity index (χ2n) is 6.47. The van der Waals surface area contributed by atoms with Gasteiger partial charge in [0.25, 0.3) is 0 Å². The number of esters is 1. The predicted octanol–water partition coefficient (Wildman–Crippen LogP) is 1.69. The van der Waals surface area contributed by atoms with Crippen molar-refractivity contribution >= 4 is 16.0 Å². The van der Waals surface area contributed by atoms with Crippen molar-refractivity contribution in [3.05, 3.63) is 58.7 Å². The third kappa shape index (κ3) is 4.29. The Labute approximate surface area is 158 Å². The highest BCUT2D eigenvalue weighted by molar-refractivity contribution is 7.89. The van der Waals surface area contributed by atoms with Gasteiger partial charge in [0.2, 0.25) is 10.0 Å². The maximum atomic E-state index is 11.8. The third-order valence-corrected chi connectivity index (χ3v) is 5.57. The van der Waals surface area contributed by atoms with E-state index in [2.05, 4.69) is 4.90 Å². The summed E-state index contributed by atoms with van der Waals surface area (Å²) in [5.74, 6) is -0.105. The maximum absolute atomic E-state index is 11.8. The van der Waals surface area contributed by atoms with Crippen molar-refractivity contribution in [2.75, 3.05) is 20.8 Å². The van der Waals surface area contributed by atoms with Gasteiger partial charge in [-0.05, 0) is 47.4 Å². The Morgan fingerprint density at radius 2 is 1.96 bits per heavy atom. The van der Waals surface area contributed by atoms with Crippen LogP contribution in [0, 0.1) is 0 Å². The van der Waals surface area contributed by atoms with Gasteiger partial charge in [-0.1, -0.05) is 12.1 Å². The Hall–Kier alpha value is -2.42. The van der Waals surface area contributed by atoms with E-state index in [1.807, 2.05) is 18.2 Å². The number of hydrogen-bond acceptors (Lipinski definition) is 6. The number of carbonyl (C=O) groups excluding carboxylic acids is 1. The van der Waals surface area contributed by atoms with Gasteiger partial charge in [0, 0.05) is 19.6 Å². The van der Waals surface area contributed by atoms with Crippen LogP contribution in [0.4, 0.5) is 0 Å². The molecule has 1 aliphatic heterocycles. The molecule has 8 heteroatoms. The normalized spacial score (nSPS) is 14.5. The maximum Gasteiger partial charge on any atom is 0.337 e. The first-order valence-corrected chi connectivity index (χ1v) is 9.98. The molecular formula is C19H22N2O5S. The number of rotatable bonds is 5.